The quantitative estimate of drug-likeness (QED) is 0.349. The summed E-state index contributed by atoms with van der Waals surface area (Å²) in [4.78, 5) is 11.6. The molecule has 0 amide bonds. The molecule has 0 radical (unpaired) electrons. The van der Waals surface area contributed by atoms with Crippen LogP contribution in [0.15, 0.2) is 60.2 Å². The summed E-state index contributed by atoms with van der Waals surface area (Å²) in [5.74, 6) is 1.66. The molecule has 1 aliphatic rings. The molecule has 7 nitrogen and oxygen atoms in total. The molecule has 2 atom stereocenters. The lowest BCUT2D eigenvalue weighted by molar-refractivity contribution is 0.189. The summed E-state index contributed by atoms with van der Waals surface area (Å²) in [5, 5.41) is 8.19. The lowest BCUT2D eigenvalue weighted by Crippen LogP contribution is -2.49. The minimum atomic E-state index is 0.432. The highest BCUT2D eigenvalue weighted by Gasteiger charge is 2.28. The zero-order valence-corrected chi connectivity index (χ0v) is 19.5. The van der Waals surface area contributed by atoms with Crippen LogP contribution in [0.2, 0.25) is 0 Å². The largest absolute Gasteiger partial charge is 0.357 e. The van der Waals surface area contributed by atoms with Crippen LogP contribution in [0.1, 0.15) is 44.0 Å². The van der Waals surface area contributed by atoms with Gasteiger partial charge in [-0.05, 0) is 56.7 Å². The van der Waals surface area contributed by atoms with Crippen molar-refractivity contribution in [3.05, 3.63) is 66.5 Å². The lowest BCUT2D eigenvalue weighted by Gasteiger charge is -2.39. The van der Waals surface area contributed by atoms with E-state index in [9.17, 15) is 0 Å². The lowest BCUT2D eigenvalue weighted by atomic mass is 9.93. The third-order valence-electron chi connectivity index (χ3n) is 6.35. The van der Waals surface area contributed by atoms with Crippen molar-refractivity contribution in [2.24, 2.45) is 10.9 Å². The number of rotatable bonds is 7. The van der Waals surface area contributed by atoms with Crippen LogP contribution in [0.3, 0.4) is 0 Å². The maximum Gasteiger partial charge on any atom is 0.193 e. The number of hydrogen-bond donors (Lipinski definition) is 1. The molecule has 1 aromatic carbocycles. The maximum absolute atomic E-state index is 4.97. The number of benzene rings is 1. The van der Waals surface area contributed by atoms with E-state index < -0.39 is 0 Å². The number of nitrogens with one attached hydrogen (secondary N) is 1. The van der Waals surface area contributed by atoms with Gasteiger partial charge in [-0.15, -0.1) is 0 Å². The predicted octanol–water partition coefficient (Wildman–Crippen LogP) is 3.86. The van der Waals surface area contributed by atoms with Gasteiger partial charge in [-0.1, -0.05) is 25.1 Å². The van der Waals surface area contributed by atoms with E-state index in [1.54, 1.807) is 0 Å². The van der Waals surface area contributed by atoms with Crippen LogP contribution in [0.4, 0.5) is 0 Å². The first-order valence-electron chi connectivity index (χ1n) is 11.8. The topological polar surface area (TPSA) is 63.3 Å². The monoisotopic (exact) mass is 433 g/mol. The van der Waals surface area contributed by atoms with Crippen LogP contribution in [0.5, 0.6) is 0 Å². The third-order valence-corrected chi connectivity index (χ3v) is 6.35. The Morgan fingerprint density at radius 2 is 2.09 bits per heavy atom. The van der Waals surface area contributed by atoms with Crippen molar-refractivity contribution in [3.8, 4) is 5.69 Å². The van der Waals surface area contributed by atoms with E-state index in [2.05, 4.69) is 65.1 Å². The molecule has 1 aliphatic heterocycles. The molecule has 170 valence electrons. The number of nitrogens with zero attached hydrogens (tertiary/aromatic N) is 6. The average Bonchev–Trinajstić information content (AvgIpc) is 3.47. The molecule has 0 saturated carbocycles. The van der Waals surface area contributed by atoms with E-state index in [1.165, 1.54) is 5.56 Å². The van der Waals surface area contributed by atoms with Gasteiger partial charge >= 0.3 is 0 Å². The summed E-state index contributed by atoms with van der Waals surface area (Å²) < 4.78 is 4.22. The Kier molecular flexibility index (Phi) is 7.24. The molecule has 0 bridgehead atoms. The fourth-order valence-electron chi connectivity index (χ4n) is 4.43. The number of aryl methyl sites for hydroxylation is 2. The number of imidazole rings is 1. The Labute approximate surface area is 191 Å². The zero-order chi connectivity index (χ0) is 22.3. The number of aliphatic imine (C=N–C) groups is 1. The summed E-state index contributed by atoms with van der Waals surface area (Å²) in [6, 6.07) is 10.7. The Morgan fingerprint density at radius 3 is 2.84 bits per heavy atom. The number of hydrogen-bond acceptors (Lipinski definition) is 3. The van der Waals surface area contributed by atoms with Gasteiger partial charge in [0.05, 0.1) is 23.8 Å². The smallest absolute Gasteiger partial charge is 0.193 e. The van der Waals surface area contributed by atoms with Crippen LogP contribution < -0.4 is 5.32 Å². The number of para-hydroxylation sites is 1. The van der Waals surface area contributed by atoms with Gasteiger partial charge in [-0.25, -0.2) is 9.67 Å². The van der Waals surface area contributed by atoms with Crippen molar-refractivity contribution in [1.82, 2.24) is 29.5 Å². The number of piperidine rings is 1. The van der Waals surface area contributed by atoms with Gasteiger partial charge in [0.25, 0.3) is 0 Å². The maximum atomic E-state index is 4.97. The molecule has 1 fully saturated rings. The van der Waals surface area contributed by atoms with Gasteiger partial charge in [-0.2, -0.15) is 5.10 Å². The fourth-order valence-corrected chi connectivity index (χ4v) is 4.43. The molecule has 0 spiro atoms. The SMILES string of the molecule is CCNC(=NCCCc1cn(-c2ccccc2)nc1C)N1CCC(C)C(n2ccnc2)C1. The van der Waals surface area contributed by atoms with E-state index in [1.807, 2.05) is 35.4 Å². The minimum absolute atomic E-state index is 0.432. The van der Waals surface area contributed by atoms with Gasteiger partial charge in [0.15, 0.2) is 5.96 Å². The van der Waals surface area contributed by atoms with E-state index >= 15 is 0 Å². The van der Waals surface area contributed by atoms with Crippen LogP contribution in [-0.4, -0.2) is 56.4 Å². The van der Waals surface area contributed by atoms with Gasteiger partial charge in [0.2, 0.25) is 0 Å². The number of aromatic nitrogens is 4. The van der Waals surface area contributed by atoms with Gasteiger partial charge in [-0.3, -0.25) is 4.99 Å². The molecular weight excluding hydrogens is 398 g/mol. The highest BCUT2D eigenvalue weighted by atomic mass is 15.3. The molecule has 32 heavy (non-hydrogen) atoms. The molecule has 0 aliphatic carbocycles. The highest BCUT2D eigenvalue weighted by molar-refractivity contribution is 5.80. The van der Waals surface area contributed by atoms with Crippen molar-refractivity contribution in [2.45, 2.75) is 46.1 Å². The van der Waals surface area contributed by atoms with Crippen LogP contribution in [0, 0.1) is 12.8 Å². The fraction of sp³-hybridized carbons (Fsp3) is 0.480. The van der Waals surface area contributed by atoms with Crippen LogP contribution in [0.25, 0.3) is 5.69 Å². The van der Waals surface area contributed by atoms with Crippen molar-refractivity contribution < 1.29 is 0 Å². The molecule has 1 saturated heterocycles. The summed E-state index contributed by atoms with van der Waals surface area (Å²) in [5.41, 5.74) is 3.49. The van der Waals surface area contributed by atoms with Crippen LogP contribution >= 0.6 is 0 Å². The molecule has 4 rings (SSSR count). The first-order valence-corrected chi connectivity index (χ1v) is 11.8. The van der Waals surface area contributed by atoms with Gasteiger partial charge in [0.1, 0.15) is 0 Å². The summed E-state index contributed by atoms with van der Waals surface area (Å²) >= 11 is 0. The van der Waals surface area contributed by atoms with E-state index in [-0.39, 0.29) is 0 Å². The Hall–Kier alpha value is -3.09. The van der Waals surface area contributed by atoms with E-state index in [0.29, 0.717) is 12.0 Å². The van der Waals surface area contributed by atoms with Crippen molar-refractivity contribution in [3.63, 3.8) is 0 Å². The molecule has 7 heteroatoms. The molecule has 2 aromatic heterocycles. The zero-order valence-electron chi connectivity index (χ0n) is 19.5. The highest BCUT2D eigenvalue weighted by Crippen LogP contribution is 2.27. The average molecular weight is 434 g/mol. The molecule has 3 heterocycles. The first-order chi connectivity index (χ1) is 15.7. The van der Waals surface area contributed by atoms with Gasteiger partial charge < -0.3 is 14.8 Å². The number of guanidine groups is 1. The van der Waals surface area contributed by atoms with Gasteiger partial charge in [0, 0.05) is 44.8 Å². The van der Waals surface area contributed by atoms with E-state index in [0.717, 1.165) is 62.8 Å². The Balaban J connectivity index is 1.36. The molecule has 1 N–H and O–H groups in total. The molecular formula is C25H35N7. The van der Waals surface area contributed by atoms with Crippen molar-refractivity contribution >= 4 is 5.96 Å². The summed E-state index contributed by atoms with van der Waals surface area (Å²) in [6.45, 7) is 10.3. The van der Waals surface area contributed by atoms with Crippen molar-refractivity contribution in [2.75, 3.05) is 26.2 Å². The first kappa shape index (κ1) is 22.1. The Morgan fingerprint density at radius 1 is 1.25 bits per heavy atom. The van der Waals surface area contributed by atoms with E-state index in [4.69, 9.17) is 10.1 Å². The summed E-state index contributed by atoms with van der Waals surface area (Å²) in [7, 11) is 0. The summed E-state index contributed by atoms with van der Waals surface area (Å²) in [6.07, 6.45) is 11.2. The normalized spacial score (nSPS) is 19.3. The standard InChI is InChI=1S/C25H35N7/c1-4-27-25(30-15-12-20(2)24(18-30)31-16-14-26-19-31)28-13-8-9-22-17-32(29-21(22)3)23-10-6-5-7-11-23/h5-7,10-11,14,16-17,19-20,24H,4,8-9,12-13,15,18H2,1-3H3,(H,27,28). The molecule has 2 unspecified atom stereocenters. The molecule has 3 aromatic rings. The third kappa shape index (κ3) is 5.21. The Bertz CT molecular complexity index is 991. The second-order valence-electron chi connectivity index (χ2n) is 8.65. The number of likely N-dealkylation sites (tertiary alicyclic amines) is 1. The second kappa shape index (κ2) is 10.5. The van der Waals surface area contributed by atoms with Crippen molar-refractivity contribution in [1.29, 1.82) is 0 Å². The predicted molar refractivity (Wildman–Crippen MR) is 129 cm³/mol. The van der Waals surface area contributed by atoms with Crippen LogP contribution in [-0.2, 0) is 6.42 Å². The minimum Gasteiger partial charge on any atom is -0.357 e. The second-order valence-corrected chi connectivity index (χ2v) is 8.65.